The van der Waals surface area contributed by atoms with Crippen molar-refractivity contribution >= 4 is 23.3 Å². The van der Waals surface area contributed by atoms with Gasteiger partial charge in [-0.2, -0.15) is 0 Å². The number of rotatable bonds is 5. The molecular weight excluding hydrogens is 444 g/mol. The Bertz CT molecular complexity index is 1150. The van der Waals surface area contributed by atoms with E-state index < -0.39 is 0 Å². The molecule has 0 radical (unpaired) electrons. The first kappa shape index (κ1) is 23.3. The van der Waals surface area contributed by atoms with Crippen LogP contribution in [0.4, 0.5) is 16.3 Å². The van der Waals surface area contributed by atoms with Crippen LogP contribution in [0.2, 0.25) is 0 Å². The minimum atomic E-state index is -0.228. The Hall–Kier alpha value is -3.46. The number of nitrogens with zero attached hydrogens (tertiary/aromatic N) is 4. The topological polar surface area (TPSA) is 99.7 Å². The van der Waals surface area contributed by atoms with E-state index in [0.29, 0.717) is 44.2 Å². The van der Waals surface area contributed by atoms with E-state index in [9.17, 15) is 9.59 Å². The molecule has 1 aromatic carbocycles. The van der Waals surface area contributed by atoms with Crippen LogP contribution < -0.4 is 15.5 Å². The minimum absolute atomic E-state index is 0.207. The second-order valence-corrected chi connectivity index (χ2v) is 9.25. The Balaban J connectivity index is 1.48. The molecule has 9 heteroatoms. The molecule has 3 heterocycles. The second-order valence-electron chi connectivity index (χ2n) is 9.25. The third-order valence-corrected chi connectivity index (χ3v) is 6.78. The van der Waals surface area contributed by atoms with Crippen LogP contribution in [0.1, 0.15) is 37.9 Å². The van der Waals surface area contributed by atoms with Crippen LogP contribution in [0, 0.1) is 0 Å². The maximum Gasteiger partial charge on any atom is 0.319 e. The zero-order chi connectivity index (χ0) is 24.4. The molecule has 2 amide bonds. The lowest BCUT2D eigenvalue weighted by Crippen LogP contribution is -2.45. The van der Waals surface area contributed by atoms with Gasteiger partial charge in [0.25, 0.3) is 0 Å². The zero-order valence-electron chi connectivity index (χ0n) is 20.3. The Morgan fingerprint density at radius 2 is 1.97 bits per heavy atom. The number of ether oxygens (including phenoxy) is 1. The quantitative estimate of drug-likeness (QED) is 0.684. The van der Waals surface area contributed by atoms with E-state index in [2.05, 4.69) is 27.4 Å². The number of carbonyl (C=O) groups is 2. The van der Waals surface area contributed by atoms with Gasteiger partial charge in [0.15, 0.2) is 11.6 Å². The van der Waals surface area contributed by atoms with Crippen molar-refractivity contribution < 1.29 is 14.3 Å². The lowest BCUT2D eigenvalue weighted by atomic mass is 10.0. The largest absolute Gasteiger partial charge is 0.377 e. The third kappa shape index (κ3) is 5.00. The second kappa shape index (κ2) is 10.0. The SMILES string of the molecule is CCNC(=O)Nc1ccc(-c2nc3c(c(N4CCOC[C@@H]4C)n2)CCN(C2=CC(=O)CC2)C3)cc1. The fourth-order valence-corrected chi connectivity index (χ4v) is 4.93. The summed E-state index contributed by atoms with van der Waals surface area (Å²) in [5.74, 6) is 1.86. The number of fused-ring (bicyclic) bond motifs is 1. The molecule has 184 valence electrons. The van der Waals surface area contributed by atoms with Gasteiger partial charge in [0.05, 0.1) is 31.5 Å². The molecule has 0 unspecified atom stereocenters. The number of carbonyl (C=O) groups excluding carboxylic acids is 2. The normalized spacial score (nSPS) is 19.9. The molecule has 3 aliphatic rings. The van der Waals surface area contributed by atoms with Crippen LogP contribution in [-0.2, 0) is 22.5 Å². The number of hydrogen-bond acceptors (Lipinski definition) is 7. The average molecular weight is 477 g/mol. The number of morpholine rings is 1. The number of aromatic nitrogens is 2. The van der Waals surface area contributed by atoms with Crippen LogP contribution in [0.5, 0.6) is 0 Å². The third-order valence-electron chi connectivity index (χ3n) is 6.78. The smallest absolute Gasteiger partial charge is 0.319 e. The Labute approximate surface area is 205 Å². The summed E-state index contributed by atoms with van der Waals surface area (Å²) in [5, 5.41) is 5.56. The summed E-state index contributed by atoms with van der Waals surface area (Å²) in [7, 11) is 0. The molecule has 2 N–H and O–H groups in total. The van der Waals surface area contributed by atoms with Crippen molar-refractivity contribution in [2.75, 3.05) is 43.1 Å². The molecule has 1 fully saturated rings. The maximum absolute atomic E-state index is 11.8. The summed E-state index contributed by atoms with van der Waals surface area (Å²) in [6.45, 7) is 8.30. The highest BCUT2D eigenvalue weighted by Gasteiger charge is 2.30. The molecule has 2 aromatic rings. The van der Waals surface area contributed by atoms with Gasteiger partial charge in [0.2, 0.25) is 0 Å². The highest BCUT2D eigenvalue weighted by Crippen LogP contribution is 2.34. The molecular formula is C26H32N6O3. The molecule has 1 aliphatic carbocycles. The van der Waals surface area contributed by atoms with Crippen molar-refractivity contribution in [1.29, 1.82) is 0 Å². The number of hydrogen-bond donors (Lipinski definition) is 2. The molecule has 5 rings (SSSR count). The number of ketones is 1. The first-order valence-corrected chi connectivity index (χ1v) is 12.4. The van der Waals surface area contributed by atoms with Crippen LogP contribution in [0.25, 0.3) is 11.4 Å². The average Bonchev–Trinajstić information content (AvgIpc) is 3.30. The molecule has 0 bridgehead atoms. The number of urea groups is 1. The van der Waals surface area contributed by atoms with Gasteiger partial charge in [0.1, 0.15) is 5.82 Å². The van der Waals surface area contributed by atoms with Crippen molar-refractivity contribution in [3.63, 3.8) is 0 Å². The van der Waals surface area contributed by atoms with Gasteiger partial charge in [-0.15, -0.1) is 0 Å². The van der Waals surface area contributed by atoms with Gasteiger partial charge in [-0.25, -0.2) is 14.8 Å². The monoisotopic (exact) mass is 476 g/mol. The lowest BCUT2D eigenvalue weighted by molar-refractivity contribution is -0.114. The summed E-state index contributed by atoms with van der Waals surface area (Å²) >= 11 is 0. The first-order chi connectivity index (χ1) is 17.0. The van der Waals surface area contributed by atoms with Crippen molar-refractivity contribution in [1.82, 2.24) is 20.2 Å². The molecule has 0 spiro atoms. The number of benzene rings is 1. The Morgan fingerprint density at radius 3 is 2.69 bits per heavy atom. The number of amides is 2. The Kier molecular flexibility index (Phi) is 6.68. The van der Waals surface area contributed by atoms with Crippen molar-refractivity contribution in [3.8, 4) is 11.4 Å². The predicted octanol–water partition coefficient (Wildman–Crippen LogP) is 3.12. The van der Waals surface area contributed by atoms with Crippen molar-refractivity contribution in [3.05, 3.63) is 47.3 Å². The van der Waals surface area contributed by atoms with Crippen LogP contribution in [0.3, 0.4) is 0 Å². The van der Waals surface area contributed by atoms with Crippen molar-refractivity contribution in [2.45, 2.75) is 45.7 Å². The molecule has 1 aromatic heterocycles. The fraction of sp³-hybridized carbons (Fsp3) is 0.462. The molecule has 9 nitrogen and oxygen atoms in total. The highest BCUT2D eigenvalue weighted by atomic mass is 16.5. The van der Waals surface area contributed by atoms with E-state index in [1.165, 1.54) is 5.56 Å². The van der Waals surface area contributed by atoms with E-state index in [0.717, 1.165) is 48.7 Å². The van der Waals surface area contributed by atoms with E-state index in [1.807, 2.05) is 31.2 Å². The first-order valence-electron chi connectivity index (χ1n) is 12.4. The van der Waals surface area contributed by atoms with Crippen LogP contribution in [-0.4, -0.2) is 65.6 Å². The predicted molar refractivity (Wildman–Crippen MR) is 134 cm³/mol. The van der Waals surface area contributed by atoms with Gasteiger partial charge in [-0.3, -0.25) is 4.79 Å². The van der Waals surface area contributed by atoms with E-state index in [4.69, 9.17) is 14.7 Å². The summed E-state index contributed by atoms with van der Waals surface area (Å²) in [6.07, 6.45) is 4.04. The highest BCUT2D eigenvalue weighted by molar-refractivity contribution is 5.92. The summed E-state index contributed by atoms with van der Waals surface area (Å²) < 4.78 is 5.68. The van der Waals surface area contributed by atoms with Gasteiger partial charge in [0, 0.05) is 54.6 Å². The van der Waals surface area contributed by atoms with Crippen molar-refractivity contribution in [2.24, 2.45) is 0 Å². The fourth-order valence-electron chi connectivity index (χ4n) is 4.93. The number of nitrogens with one attached hydrogen (secondary N) is 2. The van der Waals surface area contributed by atoms with Gasteiger partial charge in [-0.1, -0.05) is 0 Å². The lowest BCUT2D eigenvalue weighted by Gasteiger charge is -2.38. The maximum atomic E-state index is 11.8. The minimum Gasteiger partial charge on any atom is -0.377 e. The Morgan fingerprint density at radius 1 is 1.14 bits per heavy atom. The van der Waals surface area contributed by atoms with E-state index >= 15 is 0 Å². The number of anilines is 2. The molecule has 1 atom stereocenters. The van der Waals surface area contributed by atoms with Gasteiger partial charge >= 0.3 is 6.03 Å². The van der Waals surface area contributed by atoms with E-state index in [-0.39, 0.29) is 17.9 Å². The molecule has 2 aliphatic heterocycles. The zero-order valence-corrected chi connectivity index (χ0v) is 20.3. The summed E-state index contributed by atoms with van der Waals surface area (Å²) in [6, 6.07) is 7.61. The van der Waals surface area contributed by atoms with E-state index in [1.54, 1.807) is 6.08 Å². The summed E-state index contributed by atoms with van der Waals surface area (Å²) in [4.78, 5) is 38.4. The standard InChI is InChI=1S/C26H32N6O3/c1-3-27-26(34)28-19-6-4-18(5-7-19)24-29-23-15-31(20-8-9-21(33)14-20)11-10-22(23)25(30-24)32-12-13-35-16-17(32)2/h4-7,14,17H,3,8-13,15-16H2,1-2H3,(H2,27,28,34)/t17-/m0/s1. The summed E-state index contributed by atoms with van der Waals surface area (Å²) in [5.41, 5.74) is 4.92. The molecule has 35 heavy (non-hydrogen) atoms. The van der Waals surface area contributed by atoms with Gasteiger partial charge < -0.3 is 25.2 Å². The number of allylic oxidation sites excluding steroid dienone is 2. The molecule has 1 saturated heterocycles. The molecule has 0 saturated carbocycles. The van der Waals surface area contributed by atoms with Crippen LogP contribution in [0.15, 0.2) is 36.0 Å². The van der Waals surface area contributed by atoms with Crippen LogP contribution >= 0.6 is 0 Å². The van der Waals surface area contributed by atoms with Gasteiger partial charge in [-0.05, 0) is 51.0 Å².